The fourth-order valence-electron chi connectivity index (χ4n) is 6.11. The van der Waals surface area contributed by atoms with Gasteiger partial charge in [0, 0.05) is 24.3 Å². The van der Waals surface area contributed by atoms with Gasteiger partial charge in [-0.3, -0.25) is 14.3 Å². The van der Waals surface area contributed by atoms with Crippen LogP contribution in [-0.4, -0.2) is 44.9 Å². The van der Waals surface area contributed by atoms with Crippen molar-refractivity contribution in [3.8, 4) is 0 Å². The highest BCUT2D eigenvalue weighted by molar-refractivity contribution is 7.92. The lowest BCUT2D eigenvalue weighted by atomic mass is 9.78. The van der Waals surface area contributed by atoms with Gasteiger partial charge in [-0.15, -0.1) is 0 Å². The highest BCUT2D eigenvalue weighted by Gasteiger charge is 2.32. The molecule has 7 nitrogen and oxygen atoms in total. The predicted octanol–water partition coefficient (Wildman–Crippen LogP) is 6.76. The van der Waals surface area contributed by atoms with Crippen LogP contribution >= 0.6 is 0 Å². The van der Waals surface area contributed by atoms with Gasteiger partial charge in [0.15, 0.2) is 0 Å². The summed E-state index contributed by atoms with van der Waals surface area (Å²) in [6.07, 6.45) is 1.59. The van der Waals surface area contributed by atoms with Gasteiger partial charge in [-0.1, -0.05) is 12.1 Å². The molecule has 9 heteroatoms. The number of sulfonamides is 1. The number of benzene rings is 3. The average Bonchev–Trinajstić information content (AvgIpc) is 2.98. The number of esters is 1. The standard InChI is InChI=1S/C34H41FN2O5S/c1-7-42-32(38)20-31(26-8-12-29(35)13-9-26)27-16-18-37(19-17-27)34(39)28-10-14-30(15-11-28)36-43(40,41)33-24(5)22(3)21(2)23(4)25(33)6/h8-15,27,31,36H,7,16-20H2,1-6H3. The third kappa shape index (κ3) is 7.09. The molecule has 0 aromatic heterocycles. The van der Waals surface area contributed by atoms with Crippen LogP contribution in [0.2, 0.25) is 0 Å². The number of halogens is 1. The summed E-state index contributed by atoms with van der Waals surface area (Å²) in [5.41, 5.74) is 6.20. The summed E-state index contributed by atoms with van der Waals surface area (Å²) < 4.78 is 48.2. The Bertz CT molecular complexity index is 1560. The lowest BCUT2D eigenvalue weighted by molar-refractivity contribution is -0.144. The number of piperidine rings is 1. The maximum Gasteiger partial charge on any atom is 0.306 e. The van der Waals surface area contributed by atoms with E-state index in [0.717, 1.165) is 33.4 Å². The van der Waals surface area contributed by atoms with E-state index in [1.54, 1.807) is 48.2 Å². The Balaban J connectivity index is 1.43. The number of likely N-dealkylation sites (tertiary alicyclic amines) is 1. The van der Waals surface area contributed by atoms with Crippen molar-refractivity contribution in [3.63, 3.8) is 0 Å². The molecule has 0 bridgehead atoms. The largest absolute Gasteiger partial charge is 0.466 e. The number of rotatable bonds is 9. The van der Waals surface area contributed by atoms with Gasteiger partial charge >= 0.3 is 5.97 Å². The number of ether oxygens (including phenoxy) is 1. The SMILES string of the molecule is CCOC(=O)CC(c1ccc(F)cc1)C1CCN(C(=O)c2ccc(NS(=O)(=O)c3c(C)c(C)c(C)c(C)c3C)cc2)CC1. The van der Waals surface area contributed by atoms with E-state index in [9.17, 15) is 22.4 Å². The number of carbonyl (C=O) groups excluding carboxylic acids is 2. The van der Waals surface area contributed by atoms with Crippen LogP contribution in [0.5, 0.6) is 0 Å². The minimum atomic E-state index is -3.84. The molecule has 0 spiro atoms. The molecule has 1 saturated heterocycles. The molecule has 43 heavy (non-hydrogen) atoms. The van der Waals surface area contributed by atoms with Crippen LogP contribution in [0, 0.1) is 46.4 Å². The smallest absolute Gasteiger partial charge is 0.306 e. The van der Waals surface area contributed by atoms with Gasteiger partial charge in [-0.2, -0.15) is 0 Å². The molecular weight excluding hydrogens is 567 g/mol. The molecule has 0 radical (unpaired) electrons. The zero-order valence-electron chi connectivity index (χ0n) is 25.8. The van der Waals surface area contributed by atoms with Crippen LogP contribution in [0.25, 0.3) is 0 Å². The molecule has 1 atom stereocenters. The van der Waals surface area contributed by atoms with Crippen molar-refractivity contribution >= 4 is 27.6 Å². The van der Waals surface area contributed by atoms with Crippen LogP contribution in [0.1, 0.15) is 75.8 Å². The molecule has 1 aliphatic heterocycles. The zero-order valence-corrected chi connectivity index (χ0v) is 26.6. The van der Waals surface area contributed by atoms with E-state index in [2.05, 4.69) is 4.72 Å². The monoisotopic (exact) mass is 608 g/mol. The second-order valence-corrected chi connectivity index (χ2v) is 13.1. The van der Waals surface area contributed by atoms with E-state index in [0.29, 0.717) is 43.8 Å². The van der Waals surface area contributed by atoms with Gasteiger partial charge in [-0.25, -0.2) is 12.8 Å². The number of carbonyl (C=O) groups is 2. The molecular formula is C34H41FN2O5S. The Hall–Kier alpha value is -3.72. The first-order valence-corrected chi connectivity index (χ1v) is 16.2. The molecule has 3 aromatic rings. The average molecular weight is 609 g/mol. The fraction of sp³-hybridized carbons (Fsp3) is 0.412. The Morgan fingerprint density at radius 3 is 1.95 bits per heavy atom. The maximum atomic E-state index is 13.6. The van der Waals surface area contributed by atoms with Crippen LogP contribution in [0.15, 0.2) is 53.4 Å². The summed E-state index contributed by atoms with van der Waals surface area (Å²) in [5, 5.41) is 0. The van der Waals surface area contributed by atoms with Crippen LogP contribution < -0.4 is 4.72 Å². The summed E-state index contributed by atoms with van der Waals surface area (Å²) >= 11 is 0. The predicted molar refractivity (Wildman–Crippen MR) is 166 cm³/mol. The van der Waals surface area contributed by atoms with Crippen molar-refractivity contribution in [1.29, 1.82) is 0 Å². The minimum absolute atomic E-state index is 0.127. The van der Waals surface area contributed by atoms with Crippen molar-refractivity contribution in [1.82, 2.24) is 4.90 Å². The molecule has 230 valence electrons. The van der Waals surface area contributed by atoms with Crippen molar-refractivity contribution in [2.75, 3.05) is 24.4 Å². The first-order chi connectivity index (χ1) is 20.3. The van der Waals surface area contributed by atoms with Crippen LogP contribution in [0.3, 0.4) is 0 Å². The molecule has 1 heterocycles. The molecule has 4 rings (SSSR count). The van der Waals surface area contributed by atoms with Crippen LogP contribution in [0.4, 0.5) is 10.1 Å². The number of hydrogen-bond donors (Lipinski definition) is 1. The van der Waals surface area contributed by atoms with Gasteiger partial charge in [0.2, 0.25) is 0 Å². The molecule has 1 unspecified atom stereocenters. The van der Waals surface area contributed by atoms with Gasteiger partial charge in [-0.05, 0) is 136 Å². The second kappa shape index (κ2) is 13.3. The van der Waals surface area contributed by atoms with E-state index in [1.807, 2.05) is 34.6 Å². The fourth-order valence-corrected chi connectivity index (χ4v) is 7.77. The van der Waals surface area contributed by atoms with Gasteiger partial charge in [0.05, 0.1) is 17.9 Å². The molecule has 1 aliphatic rings. The molecule has 0 aliphatic carbocycles. The summed E-state index contributed by atoms with van der Waals surface area (Å²) in [6.45, 7) is 12.6. The third-order valence-electron chi connectivity index (χ3n) is 8.97. The van der Waals surface area contributed by atoms with E-state index in [-0.39, 0.29) is 40.8 Å². The van der Waals surface area contributed by atoms with E-state index >= 15 is 0 Å². The molecule has 1 amide bonds. The summed E-state index contributed by atoms with van der Waals surface area (Å²) in [5.74, 6) is -0.741. The highest BCUT2D eigenvalue weighted by atomic mass is 32.2. The van der Waals surface area contributed by atoms with Crippen LogP contribution in [-0.2, 0) is 19.6 Å². The Labute approximate surface area is 254 Å². The van der Waals surface area contributed by atoms with Crippen molar-refractivity contribution < 1.29 is 27.1 Å². The first-order valence-electron chi connectivity index (χ1n) is 14.7. The normalized spacial score (nSPS) is 14.8. The first kappa shape index (κ1) is 32.2. The van der Waals surface area contributed by atoms with Gasteiger partial charge in [0.25, 0.3) is 15.9 Å². The Kier molecular flexibility index (Phi) is 9.95. The molecule has 1 fully saturated rings. The quantitative estimate of drug-likeness (QED) is 0.271. The zero-order chi connectivity index (χ0) is 31.5. The van der Waals surface area contributed by atoms with Gasteiger partial charge < -0.3 is 9.64 Å². The summed E-state index contributed by atoms with van der Waals surface area (Å²) in [4.78, 5) is 27.8. The van der Waals surface area contributed by atoms with Crippen molar-refractivity contribution in [3.05, 3.63) is 93.3 Å². The van der Waals surface area contributed by atoms with E-state index in [1.165, 1.54) is 12.1 Å². The number of amides is 1. The number of hydrogen-bond acceptors (Lipinski definition) is 5. The lowest BCUT2D eigenvalue weighted by Crippen LogP contribution is -2.40. The molecule has 3 aromatic carbocycles. The van der Waals surface area contributed by atoms with Gasteiger partial charge in [0.1, 0.15) is 5.82 Å². The number of nitrogens with one attached hydrogen (secondary N) is 1. The lowest BCUT2D eigenvalue weighted by Gasteiger charge is -2.36. The summed E-state index contributed by atoms with van der Waals surface area (Å²) in [6, 6.07) is 12.7. The highest BCUT2D eigenvalue weighted by Crippen LogP contribution is 2.36. The van der Waals surface area contributed by atoms with E-state index < -0.39 is 10.0 Å². The third-order valence-corrected chi connectivity index (χ3v) is 10.6. The Morgan fingerprint density at radius 2 is 1.42 bits per heavy atom. The minimum Gasteiger partial charge on any atom is -0.466 e. The number of nitrogens with zero attached hydrogens (tertiary/aromatic N) is 1. The summed E-state index contributed by atoms with van der Waals surface area (Å²) in [7, 11) is -3.84. The maximum absolute atomic E-state index is 13.6. The Morgan fingerprint density at radius 1 is 0.884 bits per heavy atom. The second-order valence-electron chi connectivity index (χ2n) is 11.4. The molecule has 0 saturated carbocycles. The van der Waals surface area contributed by atoms with E-state index in [4.69, 9.17) is 4.74 Å². The van der Waals surface area contributed by atoms with Crippen molar-refractivity contribution in [2.45, 2.75) is 71.6 Å². The van der Waals surface area contributed by atoms with Crippen molar-refractivity contribution in [2.24, 2.45) is 5.92 Å². The topological polar surface area (TPSA) is 92.8 Å². The number of anilines is 1. The molecule has 1 N–H and O–H groups in total.